The van der Waals surface area contributed by atoms with Crippen LogP contribution in [0.25, 0.3) is 22.2 Å². The van der Waals surface area contributed by atoms with Gasteiger partial charge in [0, 0.05) is 5.56 Å². The summed E-state index contributed by atoms with van der Waals surface area (Å²) in [7, 11) is 0. The zero-order valence-corrected chi connectivity index (χ0v) is 13.0. The molecule has 0 aliphatic rings. The maximum atomic E-state index is 13.9. The standard InChI is InChI=1S/C15H9ClFNO4S/c16-13-11(23(21)7-12(19)20)6-5-9-14(18-22-15(9)13)8-3-1-2-4-10(8)17/h1-6H,7H2,(H,19,20). The minimum absolute atomic E-state index is 0.0113. The molecule has 118 valence electrons. The second-order valence-corrected chi connectivity index (χ2v) is 6.45. The molecule has 3 aromatic rings. The zero-order valence-electron chi connectivity index (χ0n) is 11.5. The molecule has 1 aromatic heterocycles. The second kappa shape index (κ2) is 6.19. The third-order valence-electron chi connectivity index (χ3n) is 3.17. The van der Waals surface area contributed by atoms with Crippen molar-refractivity contribution >= 4 is 39.7 Å². The summed E-state index contributed by atoms with van der Waals surface area (Å²) in [4.78, 5) is 10.8. The first-order valence-corrected chi connectivity index (χ1v) is 8.11. The number of aliphatic carboxylic acids is 1. The van der Waals surface area contributed by atoms with E-state index in [1.807, 2.05) is 0 Å². The van der Waals surface area contributed by atoms with Crippen LogP contribution in [0.5, 0.6) is 0 Å². The Hall–Kier alpha value is -2.09. The van der Waals surface area contributed by atoms with Gasteiger partial charge in [0.1, 0.15) is 16.5 Å². The Morgan fingerprint density at radius 1 is 1.35 bits per heavy atom. The lowest BCUT2D eigenvalue weighted by Gasteiger charge is -2.09. The highest BCUT2D eigenvalue weighted by Crippen LogP contribution is 2.36. The fraction of sp³-hybridized carbons (Fsp3) is 0.0667. The quantitative estimate of drug-likeness (QED) is 0.726. The summed E-state index contributed by atoms with van der Waals surface area (Å²) in [5, 5.41) is 13.0. The van der Waals surface area contributed by atoms with Gasteiger partial charge in [-0.2, -0.15) is 0 Å². The predicted molar refractivity (Wildman–Crippen MR) is 83.3 cm³/mol. The third-order valence-corrected chi connectivity index (χ3v) is 5.00. The first kappa shape index (κ1) is 15.8. The van der Waals surface area contributed by atoms with Crippen molar-refractivity contribution in [3.05, 3.63) is 47.2 Å². The van der Waals surface area contributed by atoms with Crippen molar-refractivity contribution in [2.24, 2.45) is 0 Å². The maximum absolute atomic E-state index is 13.9. The van der Waals surface area contributed by atoms with Crippen LogP contribution in [0.4, 0.5) is 4.39 Å². The van der Waals surface area contributed by atoms with E-state index in [-0.39, 0.29) is 26.8 Å². The second-order valence-electron chi connectivity index (χ2n) is 4.65. The molecule has 1 N–H and O–H groups in total. The normalized spacial score (nSPS) is 12.5. The predicted octanol–water partition coefficient (Wildman–Crippen LogP) is 3.48. The Morgan fingerprint density at radius 2 is 2.09 bits per heavy atom. The van der Waals surface area contributed by atoms with Crippen molar-refractivity contribution in [3.63, 3.8) is 0 Å². The van der Waals surface area contributed by atoms with Crippen LogP contribution >= 0.6 is 11.6 Å². The Morgan fingerprint density at radius 3 is 2.78 bits per heavy atom. The van der Waals surface area contributed by atoms with Gasteiger partial charge >= 0.3 is 5.97 Å². The maximum Gasteiger partial charge on any atom is 0.354 e. The van der Waals surface area contributed by atoms with Gasteiger partial charge in [0.15, 0.2) is 10.5 Å². The van der Waals surface area contributed by atoms with Crippen molar-refractivity contribution in [1.82, 2.24) is 5.16 Å². The van der Waals surface area contributed by atoms with Crippen LogP contribution in [0.1, 0.15) is 0 Å². The molecule has 1 unspecified atom stereocenters. The lowest BCUT2D eigenvalue weighted by Crippen LogP contribution is -2.15. The lowest BCUT2D eigenvalue weighted by atomic mass is 10.1. The number of rotatable bonds is 4. The number of carbonyl (C=O) groups is 1. The molecular formula is C15H9ClFNO4S. The lowest BCUT2D eigenvalue weighted by molar-refractivity contribution is -0.134. The summed E-state index contributed by atoms with van der Waals surface area (Å²) in [6, 6.07) is 9.04. The van der Waals surface area contributed by atoms with Gasteiger partial charge in [-0.25, -0.2) is 9.18 Å². The Bertz CT molecular complexity index is 898. The Labute approximate surface area is 137 Å². The largest absolute Gasteiger partial charge is 0.611 e. The van der Waals surface area contributed by atoms with Crippen LogP contribution in [-0.4, -0.2) is 26.5 Å². The van der Waals surface area contributed by atoms with E-state index >= 15 is 0 Å². The van der Waals surface area contributed by atoms with Crippen LogP contribution in [0, 0.1) is 5.82 Å². The first-order chi connectivity index (χ1) is 11.0. The molecule has 0 saturated carbocycles. The van der Waals surface area contributed by atoms with Gasteiger partial charge in [-0.1, -0.05) is 28.9 Å². The number of halogens is 2. The molecule has 0 fully saturated rings. The molecule has 23 heavy (non-hydrogen) atoms. The van der Waals surface area contributed by atoms with E-state index in [0.29, 0.717) is 5.39 Å². The average molecular weight is 354 g/mol. The SMILES string of the molecule is O=C(O)C[S+]([O-])c1ccc2c(-c3ccccc3F)noc2c1Cl. The van der Waals surface area contributed by atoms with Gasteiger partial charge in [0.05, 0.1) is 5.39 Å². The molecule has 2 aromatic carbocycles. The highest BCUT2D eigenvalue weighted by Gasteiger charge is 2.24. The molecule has 0 spiro atoms. The molecule has 5 nitrogen and oxygen atoms in total. The smallest absolute Gasteiger partial charge is 0.354 e. The number of fused-ring (bicyclic) bond motifs is 1. The molecule has 3 rings (SSSR count). The summed E-state index contributed by atoms with van der Waals surface area (Å²) in [5.74, 6) is -2.24. The van der Waals surface area contributed by atoms with Gasteiger partial charge in [0.25, 0.3) is 0 Å². The molecule has 0 amide bonds. The van der Waals surface area contributed by atoms with Crippen molar-refractivity contribution in [2.45, 2.75) is 4.90 Å². The molecule has 0 radical (unpaired) electrons. The fourth-order valence-corrected chi connectivity index (χ4v) is 3.52. The van der Waals surface area contributed by atoms with Crippen LogP contribution in [0.15, 0.2) is 45.8 Å². The van der Waals surface area contributed by atoms with Gasteiger partial charge in [0.2, 0.25) is 5.75 Å². The number of aromatic nitrogens is 1. The van der Waals surface area contributed by atoms with Crippen LogP contribution in [0.3, 0.4) is 0 Å². The van der Waals surface area contributed by atoms with E-state index in [0.717, 1.165) is 0 Å². The monoisotopic (exact) mass is 353 g/mol. The Balaban J connectivity index is 2.12. The number of benzene rings is 2. The molecule has 1 atom stereocenters. The minimum atomic E-state index is -1.81. The molecule has 0 saturated heterocycles. The third kappa shape index (κ3) is 2.90. The Kier molecular flexibility index (Phi) is 4.25. The highest BCUT2D eigenvalue weighted by molar-refractivity contribution is 7.92. The zero-order chi connectivity index (χ0) is 16.6. The highest BCUT2D eigenvalue weighted by atomic mass is 35.5. The summed E-state index contributed by atoms with van der Waals surface area (Å²) < 4.78 is 31.0. The van der Waals surface area contributed by atoms with E-state index in [2.05, 4.69) is 5.16 Å². The topological polar surface area (TPSA) is 86.4 Å². The number of hydrogen-bond donors (Lipinski definition) is 1. The van der Waals surface area contributed by atoms with Gasteiger partial charge in [-0.3, -0.25) is 0 Å². The summed E-state index contributed by atoms with van der Waals surface area (Å²) >= 11 is 4.33. The van der Waals surface area contributed by atoms with Gasteiger partial charge < -0.3 is 14.2 Å². The van der Waals surface area contributed by atoms with E-state index in [1.165, 1.54) is 18.2 Å². The first-order valence-electron chi connectivity index (χ1n) is 6.42. The molecular weight excluding hydrogens is 345 g/mol. The molecule has 0 bridgehead atoms. The van der Waals surface area contributed by atoms with Gasteiger partial charge in [-0.15, -0.1) is 0 Å². The van der Waals surface area contributed by atoms with E-state index in [9.17, 15) is 13.7 Å². The van der Waals surface area contributed by atoms with E-state index in [1.54, 1.807) is 18.2 Å². The molecule has 1 heterocycles. The molecule has 8 heteroatoms. The van der Waals surface area contributed by atoms with Crippen LogP contribution in [-0.2, 0) is 16.0 Å². The minimum Gasteiger partial charge on any atom is -0.611 e. The van der Waals surface area contributed by atoms with Crippen molar-refractivity contribution in [1.29, 1.82) is 0 Å². The summed E-state index contributed by atoms with van der Waals surface area (Å²) in [5.41, 5.74) is 0.665. The fourth-order valence-electron chi connectivity index (χ4n) is 2.17. The number of carboxylic acid groups (broad SMARTS) is 1. The van der Waals surface area contributed by atoms with Crippen molar-refractivity contribution in [3.8, 4) is 11.3 Å². The summed E-state index contributed by atoms with van der Waals surface area (Å²) in [6.07, 6.45) is 0. The molecule has 0 aliphatic heterocycles. The average Bonchev–Trinajstić information content (AvgIpc) is 2.92. The van der Waals surface area contributed by atoms with Crippen molar-refractivity contribution in [2.75, 3.05) is 5.75 Å². The van der Waals surface area contributed by atoms with E-state index in [4.69, 9.17) is 21.2 Å². The number of nitrogens with zero attached hydrogens (tertiary/aromatic N) is 1. The van der Waals surface area contributed by atoms with Crippen molar-refractivity contribution < 1.29 is 23.4 Å². The van der Waals surface area contributed by atoms with Gasteiger partial charge in [-0.05, 0) is 35.4 Å². The van der Waals surface area contributed by atoms with E-state index < -0.39 is 28.7 Å². The van der Waals surface area contributed by atoms with Crippen LogP contribution < -0.4 is 0 Å². The summed E-state index contributed by atoms with van der Waals surface area (Å²) in [6.45, 7) is 0. The molecule has 0 aliphatic carbocycles. The number of carboxylic acids is 1. The number of hydrogen-bond acceptors (Lipinski definition) is 4. The van der Waals surface area contributed by atoms with Crippen LogP contribution in [0.2, 0.25) is 5.02 Å².